The number of carbonyl (C=O) groups excluding carboxylic acids is 2. The van der Waals surface area contributed by atoms with Crippen LogP contribution in [0.15, 0.2) is 42.5 Å². The van der Waals surface area contributed by atoms with E-state index in [-0.39, 0.29) is 30.8 Å². The molecule has 5 nitrogen and oxygen atoms in total. The van der Waals surface area contributed by atoms with Gasteiger partial charge in [0.1, 0.15) is 11.8 Å². The van der Waals surface area contributed by atoms with E-state index in [0.717, 1.165) is 5.56 Å². The van der Waals surface area contributed by atoms with Crippen molar-refractivity contribution in [3.8, 4) is 5.75 Å². The molecule has 0 saturated heterocycles. The first-order valence-electron chi connectivity index (χ1n) is 9.92. The lowest BCUT2D eigenvalue weighted by Gasteiger charge is -2.31. The number of hydrogen-bond donors (Lipinski definition) is 1. The number of halogens is 2. The highest BCUT2D eigenvalue weighted by atomic mass is 35.5. The molecule has 2 amide bonds. The Morgan fingerprint density at radius 1 is 1.10 bits per heavy atom. The smallest absolute Gasteiger partial charge is 0.243 e. The number of amides is 2. The average molecular weight is 451 g/mol. The van der Waals surface area contributed by atoms with E-state index in [9.17, 15) is 9.59 Å². The third-order valence-corrected chi connectivity index (χ3v) is 5.40. The highest BCUT2D eigenvalue weighted by Crippen LogP contribution is 2.26. The Hall–Kier alpha value is -2.24. The van der Waals surface area contributed by atoms with Crippen LogP contribution in [0, 0.1) is 0 Å². The van der Waals surface area contributed by atoms with E-state index in [1.807, 2.05) is 45.0 Å². The molecule has 2 rings (SSSR count). The zero-order chi connectivity index (χ0) is 22.3. The average Bonchev–Trinajstić information content (AvgIpc) is 2.70. The van der Waals surface area contributed by atoms with Crippen molar-refractivity contribution in [1.29, 1.82) is 0 Å². The van der Waals surface area contributed by atoms with E-state index in [1.54, 1.807) is 30.2 Å². The molecule has 0 saturated carbocycles. The van der Waals surface area contributed by atoms with Gasteiger partial charge in [0.05, 0.1) is 13.5 Å². The minimum absolute atomic E-state index is 0.00787. The predicted octanol–water partition coefficient (Wildman–Crippen LogP) is 4.88. The minimum Gasteiger partial charge on any atom is -0.497 e. The van der Waals surface area contributed by atoms with E-state index < -0.39 is 6.04 Å². The lowest BCUT2D eigenvalue weighted by atomic mass is 10.1. The molecule has 0 aliphatic rings. The molecule has 0 spiro atoms. The van der Waals surface area contributed by atoms with Crippen LogP contribution in [0.5, 0.6) is 5.75 Å². The maximum atomic E-state index is 13.4. The Morgan fingerprint density at radius 3 is 2.30 bits per heavy atom. The number of methoxy groups -OCH3 is 1. The zero-order valence-electron chi connectivity index (χ0n) is 17.7. The fourth-order valence-electron chi connectivity index (χ4n) is 3.22. The van der Waals surface area contributed by atoms with Gasteiger partial charge >= 0.3 is 0 Å². The van der Waals surface area contributed by atoms with Gasteiger partial charge in [0, 0.05) is 22.6 Å². The van der Waals surface area contributed by atoms with Gasteiger partial charge in [-0.15, -0.1) is 0 Å². The number of hydrogen-bond acceptors (Lipinski definition) is 3. The summed E-state index contributed by atoms with van der Waals surface area (Å²) < 4.78 is 5.29. The van der Waals surface area contributed by atoms with E-state index in [4.69, 9.17) is 27.9 Å². The third-order valence-electron chi connectivity index (χ3n) is 4.69. The van der Waals surface area contributed by atoms with Gasteiger partial charge in [-0.1, -0.05) is 48.3 Å². The predicted molar refractivity (Wildman–Crippen MR) is 121 cm³/mol. The number of nitrogens with one attached hydrogen (secondary N) is 1. The van der Waals surface area contributed by atoms with Crippen molar-refractivity contribution in [2.24, 2.45) is 0 Å². The molecule has 1 atom stereocenters. The zero-order valence-corrected chi connectivity index (χ0v) is 19.3. The van der Waals surface area contributed by atoms with Crippen LogP contribution in [0.4, 0.5) is 0 Å². The highest BCUT2D eigenvalue weighted by molar-refractivity contribution is 6.36. The van der Waals surface area contributed by atoms with Crippen molar-refractivity contribution in [2.75, 3.05) is 7.11 Å². The molecule has 162 valence electrons. The molecule has 1 N–H and O–H groups in total. The second-order valence-corrected chi connectivity index (χ2v) is 8.15. The fourth-order valence-corrected chi connectivity index (χ4v) is 3.75. The van der Waals surface area contributed by atoms with Crippen LogP contribution in [0.25, 0.3) is 0 Å². The van der Waals surface area contributed by atoms with E-state index >= 15 is 0 Å². The molecule has 0 radical (unpaired) electrons. The molecule has 0 aromatic heterocycles. The number of benzene rings is 2. The van der Waals surface area contributed by atoms with Crippen molar-refractivity contribution in [3.05, 3.63) is 63.6 Å². The summed E-state index contributed by atoms with van der Waals surface area (Å²) in [6, 6.07) is 11.9. The minimum atomic E-state index is -0.618. The number of carbonyl (C=O) groups is 2. The van der Waals surface area contributed by atoms with Crippen molar-refractivity contribution in [1.82, 2.24) is 10.2 Å². The van der Waals surface area contributed by atoms with E-state index in [0.29, 0.717) is 27.8 Å². The normalized spacial score (nSPS) is 11.8. The fraction of sp³-hybridized carbons (Fsp3) is 0.391. The molecule has 1 unspecified atom stereocenters. The molecule has 0 heterocycles. The molecular weight excluding hydrogens is 423 g/mol. The van der Waals surface area contributed by atoms with Crippen molar-refractivity contribution >= 4 is 35.0 Å². The van der Waals surface area contributed by atoms with Gasteiger partial charge < -0.3 is 15.0 Å². The quantitative estimate of drug-likeness (QED) is 0.592. The van der Waals surface area contributed by atoms with Gasteiger partial charge in [0.2, 0.25) is 11.8 Å². The highest BCUT2D eigenvalue weighted by Gasteiger charge is 2.29. The number of nitrogens with zero attached hydrogens (tertiary/aromatic N) is 1. The van der Waals surface area contributed by atoms with Crippen LogP contribution in [0.2, 0.25) is 10.0 Å². The molecule has 0 aliphatic heterocycles. The van der Waals surface area contributed by atoms with Crippen LogP contribution in [-0.4, -0.2) is 35.9 Å². The molecule has 0 fully saturated rings. The van der Waals surface area contributed by atoms with E-state index in [1.165, 1.54) is 0 Å². The standard InChI is InChI=1S/C23H28Cl2N2O3/c1-5-21(23(29)26-15(2)3)27(14-16-8-6-9-17(12-16)30-4)22(28)13-18-19(24)10-7-11-20(18)25/h6-12,15,21H,5,13-14H2,1-4H3,(H,26,29). The molecule has 30 heavy (non-hydrogen) atoms. The van der Waals surface area contributed by atoms with Crippen LogP contribution in [-0.2, 0) is 22.6 Å². The molecule has 0 aliphatic carbocycles. The Morgan fingerprint density at radius 2 is 1.73 bits per heavy atom. The summed E-state index contributed by atoms with van der Waals surface area (Å²) in [5, 5.41) is 3.77. The Labute approximate surface area is 188 Å². The molecule has 0 bridgehead atoms. The summed E-state index contributed by atoms with van der Waals surface area (Å²) in [7, 11) is 1.59. The topological polar surface area (TPSA) is 58.6 Å². The maximum Gasteiger partial charge on any atom is 0.243 e. The van der Waals surface area contributed by atoms with E-state index in [2.05, 4.69) is 5.32 Å². The second kappa shape index (κ2) is 11.2. The Balaban J connectivity index is 2.37. The Bertz CT molecular complexity index is 866. The van der Waals surface area contributed by atoms with Crippen LogP contribution in [0.1, 0.15) is 38.3 Å². The SMILES string of the molecule is CCC(C(=O)NC(C)C)N(Cc1cccc(OC)c1)C(=O)Cc1c(Cl)cccc1Cl. The Kier molecular flexibility index (Phi) is 9.00. The van der Waals surface area contributed by atoms with Crippen molar-refractivity contribution < 1.29 is 14.3 Å². The largest absolute Gasteiger partial charge is 0.497 e. The first-order chi connectivity index (χ1) is 14.3. The second-order valence-electron chi connectivity index (χ2n) is 7.34. The first-order valence-corrected chi connectivity index (χ1v) is 10.7. The van der Waals surface area contributed by atoms with Gasteiger partial charge in [-0.25, -0.2) is 0 Å². The molecule has 7 heteroatoms. The van der Waals surface area contributed by atoms with Crippen LogP contribution < -0.4 is 10.1 Å². The van der Waals surface area contributed by atoms with Crippen molar-refractivity contribution in [2.45, 2.75) is 52.2 Å². The van der Waals surface area contributed by atoms with Crippen molar-refractivity contribution in [3.63, 3.8) is 0 Å². The lowest BCUT2D eigenvalue weighted by molar-refractivity contribution is -0.141. The monoisotopic (exact) mass is 450 g/mol. The summed E-state index contributed by atoms with van der Waals surface area (Å²) in [6.07, 6.45) is 0.485. The summed E-state index contributed by atoms with van der Waals surface area (Å²) in [5.41, 5.74) is 1.42. The summed E-state index contributed by atoms with van der Waals surface area (Å²) >= 11 is 12.5. The summed E-state index contributed by atoms with van der Waals surface area (Å²) in [6.45, 7) is 5.94. The van der Waals surface area contributed by atoms with Gasteiger partial charge in [0.25, 0.3) is 0 Å². The molecule has 2 aromatic rings. The van der Waals surface area contributed by atoms with Gasteiger partial charge in [-0.2, -0.15) is 0 Å². The van der Waals surface area contributed by atoms with Gasteiger partial charge in [0.15, 0.2) is 0 Å². The van der Waals surface area contributed by atoms with Crippen LogP contribution >= 0.6 is 23.2 Å². The maximum absolute atomic E-state index is 13.4. The van der Waals surface area contributed by atoms with Crippen LogP contribution in [0.3, 0.4) is 0 Å². The number of rotatable bonds is 9. The van der Waals surface area contributed by atoms with Gasteiger partial charge in [-0.3, -0.25) is 9.59 Å². The summed E-state index contributed by atoms with van der Waals surface area (Å²) in [5.74, 6) is 0.279. The first kappa shape index (κ1) is 24.0. The van der Waals surface area contributed by atoms with Gasteiger partial charge in [-0.05, 0) is 55.7 Å². The molecule has 2 aromatic carbocycles. The number of ether oxygens (including phenoxy) is 1. The lowest BCUT2D eigenvalue weighted by Crippen LogP contribution is -2.50. The third kappa shape index (κ3) is 6.38. The molecular formula is C23H28Cl2N2O3. The summed E-state index contributed by atoms with van der Waals surface area (Å²) in [4.78, 5) is 27.8.